The summed E-state index contributed by atoms with van der Waals surface area (Å²) in [4.78, 5) is 13.9. The molecule has 0 atom stereocenters. The summed E-state index contributed by atoms with van der Waals surface area (Å²) in [5.74, 6) is -0.249. The number of likely N-dealkylation sites (N-methyl/N-ethyl adjacent to an activating group) is 1. The number of rotatable bonds is 5. The molecule has 0 spiro atoms. The van der Waals surface area contributed by atoms with Gasteiger partial charge in [0.1, 0.15) is 11.2 Å². The SMILES string of the molecule is CN(CCc1ccccc1F)C(=O)C1(CN)COC1. The van der Waals surface area contributed by atoms with Crippen LogP contribution in [0.15, 0.2) is 24.3 Å². The Morgan fingerprint density at radius 2 is 2.16 bits per heavy atom. The molecule has 0 aromatic heterocycles. The van der Waals surface area contributed by atoms with Crippen LogP contribution in [0.1, 0.15) is 5.56 Å². The van der Waals surface area contributed by atoms with E-state index in [1.807, 2.05) is 0 Å². The third kappa shape index (κ3) is 2.77. The van der Waals surface area contributed by atoms with Gasteiger partial charge in [-0.3, -0.25) is 4.79 Å². The van der Waals surface area contributed by atoms with E-state index in [0.29, 0.717) is 31.7 Å². The topological polar surface area (TPSA) is 55.6 Å². The van der Waals surface area contributed by atoms with E-state index in [2.05, 4.69) is 0 Å². The summed E-state index contributed by atoms with van der Waals surface area (Å²) in [5.41, 5.74) is 5.71. The van der Waals surface area contributed by atoms with Gasteiger partial charge in [0.05, 0.1) is 13.2 Å². The molecular formula is C14H19FN2O2. The van der Waals surface area contributed by atoms with Crippen LogP contribution >= 0.6 is 0 Å². The normalized spacial score (nSPS) is 16.8. The van der Waals surface area contributed by atoms with Crippen molar-refractivity contribution < 1.29 is 13.9 Å². The molecule has 1 fully saturated rings. The molecule has 104 valence electrons. The summed E-state index contributed by atoms with van der Waals surface area (Å²) in [7, 11) is 1.72. The number of hydrogen-bond acceptors (Lipinski definition) is 3. The fraction of sp³-hybridized carbons (Fsp3) is 0.500. The maximum Gasteiger partial charge on any atom is 0.234 e. The van der Waals surface area contributed by atoms with Crippen LogP contribution in [0.3, 0.4) is 0 Å². The fourth-order valence-electron chi connectivity index (χ4n) is 2.17. The van der Waals surface area contributed by atoms with Crippen molar-refractivity contribution in [1.29, 1.82) is 0 Å². The average molecular weight is 266 g/mol. The molecular weight excluding hydrogens is 247 g/mol. The van der Waals surface area contributed by atoms with Gasteiger partial charge in [0.2, 0.25) is 5.91 Å². The van der Waals surface area contributed by atoms with Crippen LogP contribution in [-0.2, 0) is 16.0 Å². The Kier molecular flexibility index (Phi) is 4.17. The standard InChI is InChI=1S/C14H19FN2O2/c1-17(13(18)14(8-16)9-19-10-14)7-6-11-4-2-3-5-12(11)15/h2-5H,6-10,16H2,1H3. The van der Waals surface area contributed by atoms with Crippen LogP contribution < -0.4 is 5.73 Å². The van der Waals surface area contributed by atoms with Gasteiger partial charge in [-0.15, -0.1) is 0 Å². The van der Waals surface area contributed by atoms with Crippen molar-refractivity contribution in [1.82, 2.24) is 4.90 Å². The summed E-state index contributed by atoms with van der Waals surface area (Å²) >= 11 is 0. The number of carbonyl (C=O) groups is 1. The van der Waals surface area contributed by atoms with E-state index in [9.17, 15) is 9.18 Å². The molecule has 2 N–H and O–H groups in total. The van der Waals surface area contributed by atoms with E-state index in [1.54, 1.807) is 30.1 Å². The minimum atomic E-state index is -0.565. The molecule has 1 aromatic carbocycles. The molecule has 1 aromatic rings. The molecule has 1 saturated heterocycles. The van der Waals surface area contributed by atoms with Gasteiger partial charge >= 0.3 is 0 Å². The lowest BCUT2D eigenvalue weighted by Gasteiger charge is -2.41. The van der Waals surface area contributed by atoms with E-state index < -0.39 is 5.41 Å². The first-order chi connectivity index (χ1) is 9.09. The molecule has 5 heteroatoms. The molecule has 0 aliphatic carbocycles. The number of ether oxygens (including phenoxy) is 1. The van der Waals surface area contributed by atoms with Crippen molar-refractivity contribution in [2.24, 2.45) is 11.1 Å². The number of nitrogens with zero attached hydrogens (tertiary/aromatic N) is 1. The highest BCUT2D eigenvalue weighted by Crippen LogP contribution is 2.28. The second kappa shape index (κ2) is 5.67. The van der Waals surface area contributed by atoms with Crippen LogP contribution in [0.2, 0.25) is 0 Å². The van der Waals surface area contributed by atoms with Crippen molar-refractivity contribution in [3.63, 3.8) is 0 Å². The largest absolute Gasteiger partial charge is 0.379 e. The van der Waals surface area contributed by atoms with Crippen molar-refractivity contribution in [2.75, 3.05) is 33.4 Å². The predicted molar refractivity (Wildman–Crippen MR) is 70.0 cm³/mol. The predicted octanol–water partition coefficient (Wildman–Crippen LogP) is 0.802. The fourth-order valence-corrected chi connectivity index (χ4v) is 2.17. The summed E-state index contributed by atoms with van der Waals surface area (Å²) in [5, 5.41) is 0. The third-order valence-electron chi connectivity index (χ3n) is 3.62. The molecule has 1 heterocycles. The first-order valence-electron chi connectivity index (χ1n) is 6.36. The van der Waals surface area contributed by atoms with Gasteiger partial charge in [0.15, 0.2) is 0 Å². The third-order valence-corrected chi connectivity index (χ3v) is 3.62. The monoisotopic (exact) mass is 266 g/mol. The molecule has 0 bridgehead atoms. The second-order valence-corrected chi connectivity index (χ2v) is 5.05. The Morgan fingerprint density at radius 1 is 1.47 bits per heavy atom. The van der Waals surface area contributed by atoms with Gasteiger partial charge in [-0.05, 0) is 18.1 Å². The number of benzene rings is 1. The van der Waals surface area contributed by atoms with Crippen molar-refractivity contribution >= 4 is 5.91 Å². The number of carbonyl (C=O) groups excluding carboxylic acids is 1. The van der Waals surface area contributed by atoms with Crippen LogP contribution in [-0.4, -0.2) is 44.2 Å². The van der Waals surface area contributed by atoms with E-state index in [4.69, 9.17) is 10.5 Å². The highest BCUT2D eigenvalue weighted by atomic mass is 19.1. The summed E-state index contributed by atoms with van der Waals surface area (Å²) in [6, 6.07) is 6.61. The molecule has 0 radical (unpaired) electrons. The van der Waals surface area contributed by atoms with E-state index in [0.717, 1.165) is 0 Å². The Hall–Kier alpha value is -1.46. The van der Waals surface area contributed by atoms with Gasteiger partial charge in [-0.25, -0.2) is 4.39 Å². The van der Waals surface area contributed by atoms with Gasteiger partial charge in [-0.2, -0.15) is 0 Å². The molecule has 19 heavy (non-hydrogen) atoms. The molecule has 0 saturated carbocycles. The first kappa shape index (κ1) is 14.0. The zero-order valence-electron chi connectivity index (χ0n) is 11.1. The van der Waals surface area contributed by atoms with Gasteiger partial charge in [0.25, 0.3) is 0 Å². The number of halogens is 1. The van der Waals surface area contributed by atoms with E-state index >= 15 is 0 Å². The summed E-state index contributed by atoms with van der Waals surface area (Å²) < 4.78 is 18.6. The van der Waals surface area contributed by atoms with Gasteiger partial charge < -0.3 is 15.4 Å². The Morgan fingerprint density at radius 3 is 2.68 bits per heavy atom. The smallest absolute Gasteiger partial charge is 0.234 e. The second-order valence-electron chi connectivity index (χ2n) is 5.05. The maximum absolute atomic E-state index is 13.5. The van der Waals surface area contributed by atoms with E-state index in [1.165, 1.54) is 6.07 Å². The maximum atomic E-state index is 13.5. The lowest BCUT2D eigenvalue weighted by Crippen LogP contribution is -2.58. The first-order valence-corrected chi connectivity index (χ1v) is 6.36. The Labute approximate surface area is 112 Å². The average Bonchev–Trinajstić information content (AvgIpc) is 2.36. The number of nitrogens with two attached hydrogens (primary N) is 1. The van der Waals surface area contributed by atoms with Crippen molar-refractivity contribution in [3.05, 3.63) is 35.6 Å². The zero-order valence-corrected chi connectivity index (χ0v) is 11.1. The Balaban J connectivity index is 1.93. The molecule has 4 nitrogen and oxygen atoms in total. The highest BCUT2D eigenvalue weighted by Gasteiger charge is 2.46. The highest BCUT2D eigenvalue weighted by molar-refractivity contribution is 5.84. The van der Waals surface area contributed by atoms with Crippen molar-refractivity contribution in [3.8, 4) is 0 Å². The molecule has 0 unspecified atom stereocenters. The summed E-state index contributed by atoms with van der Waals surface area (Å²) in [6.45, 7) is 1.52. The molecule has 1 amide bonds. The van der Waals surface area contributed by atoms with Crippen LogP contribution in [0.4, 0.5) is 4.39 Å². The number of hydrogen-bond donors (Lipinski definition) is 1. The minimum absolute atomic E-state index is 0.0161. The van der Waals surface area contributed by atoms with Crippen LogP contribution in [0, 0.1) is 11.2 Å². The van der Waals surface area contributed by atoms with Gasteiger partial charge in [-0.1, -0.05) is 18.2 Å². The lowest BCUT2D eigenvalue weighted by molar-refractivity contribution is -0.169. The molecule has 1 aliphatic rings. The van der Waals surface area contributed by atoms with Crippen LogP contribution in [0.25, 0.3) is 0 Å². The molecule has 2 rings (SSSR count). The van der Waals surface area contributed by atoms with Gasteiger partial charge in [0, 0.05) is 20.1 Å². The van der Waals surface area contributed by atoms with E-state index in [-0.39, 0.29) is 18.3 Å². The van der Waals surface area contributed by atoms with Crippen LogP contribution in [0.5, 0.6) is 0 Å². The zero-order chi connectivity index (χ0) is 13.9. The minimum Gasteiger partial charge on any atom is -0.379 e. The molecule has 1 aliphatic heterocycles. The number of amides is 1. The van der Waals surface area contributed by atoms with Crippen molar-refractivity contribution in [2.45, 2.75) is 6.42 Å². The lowest BCUT2D eigenvalue weighted by atomic mass is 9.84. The Bertz CT molecular complexity index is 455. The quantitative estimate of drug-likeness (QED) is 0.857. The summed E-state index contributed by atoms with van der Waals surface area (Å²) in [6.07, 6.45) is 0.496.